The molecule has 0 bridgehead atoms. The first kappa shape index (κ1) is 19.0. The quantitative estimate of drug-likeness (QED) is 0.724. The van der Waals surface area contributed by atoms with Crippen molar-refractivity contribution in [2.24, 2.45) is 0 Å². The van der Waals surface area contributed by atoms with E-state index in [0.717, 1.165) is 0 Å². The SMILES string of the molecule is CC(=O)N(Cc1cn(CC(=O)Nc2cccnc2)nn1)C1CCS(=O)(=O)C1. The summed E-state index contributed by atoms with van der Waals surface area (Å²) in [4.78, 5) is 29.4. The number of pyridine rings is 1. The minimum atomic E-state index is -3.10. The molecule has 0 saturated carbocycles. The number of hydrogen-bond donors (Lipinski definition) is 1. The Labute approximate surface area is 156 Å². The number of carbonyl (C=O) groups excluding carboxylic acids is 2. The van der Waals surface area contributed by atoms with Gasteiger partial charge in [-0.2, -0.15) is 0 Å². The summed E-state index contributed by atoms with van der Waals surface area (Å²) >= 11 is 0. The minimum Gasteiger partial charge on any atom is -0.333 e. The van der Waals surface area contributed by atoms with Gasteiger partial charge in [-0.1, -0.05) is 5.21 Å². The van der Waals surface area contributed by atoms with Crippen LogP contribution in [0.3, 0.4) is 0 Å². The maximum absolute atomic E-state index is 12.0. The molecule has 0 aliphatic carbocycles. The van der Waals surface area contributed by atoms with Crippen molar-refractivity contribution in [3.63, 3.8) is 0 Å². The first-order valence-corrected chi connectivity index (χ1v) is 10.2. The molecule has 1 unspecified atom stereocenters. The van der Waals surface area contributed by atoms with Crippen LogP contribution in [0, 0.1) is 0 Å². The molecular weight excluding hydrogens is 372 g/mol. The van der Waals surface area contributed by atoms with Crippen LogP contribution >= 0.6 is 0 Å². The summed E-state index contributed by atoms with van der Waals surface area (Å²) < 4.78 is 24.7. The molecular formula is C16H20N6O4S. The third-order valence-electron chi connectivity index (χ3n) is 4.22. The molecule has 27 heavy (non-hydrogen) atoms. The molecule has 0 spiro atoms. The molecule has 1 aliphatic rings. The van der Waals surface area contributed by atoms with Gasteiger partial charge in [0, 0.05) is 19.2 Å². The van der Waals surface area contributed by atoms with Gasteiger partial charge in [0.2, 0.25) is 11.8 Å². The van der Waals surface area contributed by atoms with Crippen molar-refractivity contribution in [3.8, 4) is 0 Å². The summed E-state index contributed by atoms with van der Waals surface area (Å²) in [6.07, 6.45) is 5.13. The lowest BCUT2D eigenvalue weighted by atomic mass is 10.2. The average molecular weight is 392 g/mol. The average Bonchev–Trinajstić information content (AvgIpc) is 3.19. The maximum atomic E-state index is 12.0. The van der Waals surface area contributed by atoms with Crippen LogP contribution in [0.4, 0.5) is 5.69 Å². The number of carbonyl (C=O) groups is 2. The summed E-state index contributed by atoms with van der Waals surface area (Å²) in [7, 11) is -3.10. The van der Waals surface area contributed by atoms with E-state index in [9.17, 15) is 18.0 Å². The predicted molar refractivity (Wildman–Crippen MR) is 96.2 cm³/mol. The fraction of sp³-hybridized carbons (Fsp3) is 0.438. The van der Waals surface area contributed by atoms with Crippen LogP contribution in [-0.4, -0.2) is 62.7 Å². The summed E-state index contributed by atoms with van der Waals surface area (Å²) in [6, 6.07) is 3.08. The van der Waals surface area contributed by atoms with Gasteiger partial charge in [-0.25, -0.2) is 13.1 Å². The third kappa shape index (κ3) is 5.09. The highest BCUT2D eigenvalue weighted by molar-refractivity contribution is 7.91. The third-order valence-corrected chi connectivity index (χ3v) is 5.97. The Hall–Kier alpha value is -2.82. The number of sulfone groups is 1. The fourth-order valence-electron chi connectivity index (χ4n) is 2.97. The van der Waals surface area contributed by atoms with E-state index >= 15 is 0 Å². The maximum Gasteiger partial charge on any atom is 0.246 e. The first-order chi connectivity index (χ1) is 12.8. The van der Waals surface area contributed by atoms with Gasteiger partial charge in [0.25, 0.3) is 0 Å². The Morgan fingerprint density at radius 2 is 2.22 bits per heavy atom. The normalized spacial score (nSPS) is 18.2. The summed E-state index contributed by atoms with van der Waals surface area (Å²) in [5.74, 6) is -0.456. The molecule has 3 rings (SSSR count). The number of nitrogens with zero attached hydrogens (tertiary/aromatic N) is 5. The van der Waals surface area contributed by atoms with Gasteiger partial charge in [0.05, 0.1) is 36.1 Å². The molecule has 1 saturated heterocycles. The molecule has 3 heterocycles. The van der Waals surface area contributed by atoms with Crippen molar-refractivity contribution >= 4 is 27.3 Å². The highest BCUT2D eigenvalue weighted by Crippen LogP contribution is 2.19. The number of aromatic nitrogens is 4. The molecule has 0 aromatic carbocycles. The lowest BCUT2D eigenvalue weighted by Gasteiger charge is -2.25. The van der Waals surface area contributed by atoms with E-state index < -0.39 is 9.84 Å². The van der Waals surface area contributed by atoms with Gasteiger partial charge in [-0.15, -0.1) is 5.10 Å². The van der Waals surface area contributed by atoms with E-state index in [1.54, 1.807) is 24.5 Å². The summed E-state index contributed by atoms with van der Waals surface area (Å²) in [5.41, 5.74) is 1.07. The van der Waals surface area contributed by atoms with E-state index in [0.29, 0.717) is 17.8 Å². The topological polar surface area (TPSA) is 127 Å². The van der Waals surface area contributed by atoms with Crippen LogP contribution in [-0.2, 0) is 32.5 Å². The lowest BCUT2D eigenvalue weighted by molar-refractivity contribution is -0.131. The van der Waals surface area contributed by atoms with Gasteiger partial charge in [0.1, 0.15) is 12.2 Å². The summed E-state index contributed by atoms with van der Waals surface area (Å²) in [6.45, 7) is 1.51. The molecule has 10 nitrogen and oxygen atoms in total. The van der Waals surface area contributed by atoms with E-state index in [-0.39, 0.29) is 42.5 Å². The molecule has 1 N–H and O–H groups in total. The molecule has 1 atom stereocenters. The van der Waals surface area contributed by atoms with Crippen LogP contribution in [0.2, 0.25) is 0 Å². The van der Waals surface area contributed by atoms with Crippen molar-refractivity contribution in [1.82, 2.24) is 24.9 Å². The number of hydrogen-bond acceptors (Lipinski definition) is 7. The molecule has 11 heteroatoms. The molecule has 2 aromatic heterocycles. The van der Waals surface area contributed by atoms with Gasteiger partial charge in [-0.3, -0.25) is 14.6 Å². The zero-order valence-corrected chi connectivity index (χ0v) is 15.6. The first-order valence-electron chi connectivity index (χ1n) is 8.39. The Balaban J connectivity index is 1.61. The highest BCUT2D eigenvalue weighted by atomic mass is 32.2. The Morgan fingerprint density at radius 1 is 1.41 bits per heavy atom. The van der Waals surface area contributed by atoms with Crippen molar-refractivity contribution in [2.45, 2.75) is 32.5 Å². The monoisotopic (exact) mass is 392 g/mol. The van der Waals surface area contributed by atoms with Gasteiger partial charge in [-0.05, 0) is 18.6 Å². The summed E-state index contributed by atoms with van der Waals surface area (Å²) in [5, 5.41) is 10.6. The van der Waals surface area contributed by atoms with Gasteiger partial charge in [0.15, 0.2) is 9.84 Å². The molecule has 0 radical (unpaired) electrons. The fourth-order valence-corrected chi connectivity index (χ4v) is 4.70. The van der Waals surface area contributed by atoms with Crippen LogP contribution < -0.4 is 5.32 Å². The van der Waals surface area contributed by atoms with Crippen LogP contribution in [0.15, 0.2) is 30.7 Å². The zero-order valence-electron chi connectivity index (χ0n) is 14.8. The number of rotatable bonds is 6. The predicted octanol–water partition coefficient (Wildman–Crippen LogP) is -0.153. The smallest absolute Gasteiger partial charge is 0.246 e. The van der Waals surface area contributed by atoms with Crippen molar-refractivity contribution < 1.29 is 18.0 Å². The second kappa shape index (κ2) is 7.82. The Morgan fingerprint density at radius 3 is 2.85 bits per heavy atom. The van der Waals surface area contributed by atoms with Crippen molar-refractivity contribution in [1.29, 1.82) is 0 Å². The van der Waals surface area contributed by atoms with Gasteiger partial charge < -0.3 is 10.2 Å². The van der Waals surface area contributed by atoms with E-state index in [1.807, 2.05) is 0 Å². The van der Waals surface area contributed by atoms with Crippen LogP contribution in [0.5, 0.6) is 0 Å². The molecule has 2 aromatic rings. The lowest BCUT2D eigenvalue weighted by Crippen LogP contribution is -2.39. The van der Waals surface area contributed by atoms with Crippen molar-refractivity contribution in [3.05, 3.63) is 36.4 Å². The van der Waals surface area contributed by atoms with Gasteiger partial charge >= 0.3 is 0 Å². The van der Waals surface area contributed by atoms with Crippen molar-refractivity contribution in [2.75, 3.05) is 16.8 Å². The molecule has 2 amide bonds. The Bertz CT molecular complexity index is 927. The minimum absolute atomic E-state index is 0.0335. The van der Waals surface area contributed by atoms with E-state index in [1.165, 1.54) is 22.7 Å². The number of anilines is 1. The molecule has 1 fully saturated rings. The largest absolute Gasteiger partial charge is 0.333 e. The standard InChI is InChI=1S/C16H20N6O4S/c1-12(23)22(15-4-6-27(25,26)11-15)9-14-8-21(20-19-14)10-16(24)18-13-3-2-5-17-7-13/h2-3,5,7-8,15H,4,6,9-11H2,1H3,(H,18,24). The van der Waals surface area contributed by atoms with Crippen LogP contribution in [0.1, 0.15) is 19.0 Å². The van der Waals surface area contributed by atoms with E-state index in [2.05, 4.69) is 20.6 Å². The Kier molecular flexibility index (Phi) is 5.49. The second-order valence-electron chi connectivity index (χ2n) is 6.40. The van der Waals surface area contributed by atoms with E-state index in [4.69, 9.17) is 0 Å². The number of amides is 2. The molecule has 1 aliphatic heterocycles. The molecule has 144 valence electrons. The second-order valence-corrected chi connectivity index (χ2v) is 8.63. The highest BCUT2D eigenvalue weighted by Gasteiger charge is 2.33. The van der Waals surface area contributed by atoms with Crippen LogP contribution in [0.25, 0.3) is 0 Å². The zero-order chi connectivity index (χ0) is 19.4. The number of nitrogens with one attached hydrogen (secondary N) is 1.